The lowest BCUT2D eigenvalue weighted by Gasteiger charge is -1.93. The summed E-state index contributed by atoms with van der Waals surface area (Å²) in [5.74, 6) is 0. The van der Waals surface area contributed by atoms with E-state index < -0.39 is 4.92 Å². The molecule has 0 N–H and O–H groups in total. The largest absolute Gasteiger partial charge is 0.274 e. The molecule has 0 fully saturated rings. The Hall–Kier alpha value is -1.16. The summed E-state index contributed by atoms with van der Waals surface area (Å²) < 4.78 is 0. The molecule has 1 aromatic rings. The Morgan fingerprint density at radius 3 is 2.73 bits per heavy atom. The van der Waals surface area contributed by atoms with Crippen LogP contribution in [0.4, 0.5) is 5.69 Å². The molecule has 1 aromatic heterocycles. The van der Waals surface area contributed by atoms with E-state index in [4.69, 9.17) is 11.6 Å². The smallest absolute Gasteiger partial charge is 0.258 e. The first-order valence-electron chi connectivity index (χ1n) is 2.88. The average molecular weight is 173 g/mol. The quantitative estimate of drug-likeness (QED) is 0.370. The number of rotatable bonds is 1. The number of hydrogen-bond donors (Lipinski definition) is 0. The maximum atomic E-state index is 10.2. The fourth-order valence-corrected chi connectivity index (χ4v) is 0.961. The molecule has 1 heterocycles. The van der Waals surface area contributed by atoms with Crippen molar-refractivity contribution >= 4 is 17.3 Å². The molecule has 0 aliphatic heterocycles. The molecule has 0 saturated heterocycles. The molecule has 0 saturated carbocycles. The van der Waals surface area contributed by atoms with E-state index in [1.165, 1.54) is 12.1 Å². The second-order valence-corrected chi connectivity index (χ2v) is 2.43. The lowest BCUT2D eigenvalue weighted by Crippen LogP contribution is -1.90. The first kappa shape index (κ1) is 7.94. The highest BCUT2D eigenvalue weighted by atomic mass is 35.5. The van der Waals surface area contributed by atoms with Gasteiger partial charge in [0.1, 0.15) is 5.15 Å². The number of halogens is 1. The molecule has 0 bridgehead atoms. The second kappa shape index (κ2) is 2.84. The SMILES string of the molecule is Cc1cc([N+](=O)[O-])cc(Cl)n1. The molecule has 0 amide bonds. The highest BCUT2D eigenvalue weighted by molar-refractivity contribution is 6.29. The zero-order chi connectivity index (χ0) is 8.43. The van der Waals surface area contributed by atoms with Gasteiger partial charge in [-0.15, -0.1) is 0 Å². The van der Waals surface area contributed by atoms with Crippen molar-refractivity contribution in [3.8, 4) is 0 Å². The van der Waals surface area contributed by atoms with E-state index >= 15 is 0 Å². The predicted molar refractivity (Wildman–Crippen MR) is 40.6 cm³/mol. The Balaban J connectivity index is 3.19. The Kier molecular flexibility index (Phi) is 2.05. The molecule has 1 rings (SSSR count). The van der Waals surface area contributed by atoms with E-state index in [1.54, 1.807) is 6.92 Å². The minimum absolute atomic E-state index is 0.0255. The maximum absolute atomic E-state index is 10.2. The van der Waals surface area contributed by atoms with Crippen LogP contribution in [0.2, 0.25) is 5.15 Å². The second-order valence-electron chi connectivity index (χ2n) is 2.05. The molecule has 5 heteroatoms. The average Bonchev–Trinajstić information content (AvgIpc) is 1.85. The molecule has 11 heavy (non-hydrogen) atoms. The van der Waals surface area contributed by atoms with Crippen LogP contribution in [0, 0.1) is 17.0 Å². The van der Waals surface area contributed by atoms with Crippen LogP contribution in [-0.2, 0) is 0 Å². The molecule has 0 aromatic carbocycles. The number of pyridine rings is 1. The summed E-state index contributed by atoms with van der Waals surface area (Å²) in [7, 11) is 0. The normalized spacial score (nSPS) is 9.64. The zero-order valence-corrected chi connectivity index (χ0v) is 6.50. The molecular weight excluding hydrogens is 168 g/mol. The van der Waals surface area contributed by atoms with Crippen molar-refractivity contribution in [2.75, 3.05) is 0 Å². The van der Waals surface area contributed by atoms with Crippen LogP contribution in [0.15, 0.2) is 12.1 Å². The Labute approximate surface area is 68.0 Å². The van der Waals surface area contributed by atoms with Gasteiger partial charge in [-0.05, 0) is 6.92 Å². The van der Waals surface area contributed by atoms with Gasteiger partial charge in [-0.3, -0.25) is 10.1 Å². The number of hydrogen-bond acceptors (Lipinski definition) is 3. The van der Waals surface area contributed by atoms with E-state index in [0.29, 0.717) is 5.69 Å². The van der Waals surface area contributed by atoms with Gasteiger partial charge in [-0.2, -0.15) is 0 Å². The molecule has 0 radical (unpaired) electrons. The van der Waals surface area contributed by atoms with Gasteiger partial charge in [-0.25, -0.2) is 4.98 Å². The van der Waals surface area contributed by atoms with Crippen molar-refractivity contribution in [1.29, 1.82) is 0 Å². The van der Waals surface area contributed by atoms with Crippen LogP contribution < -0.4 is 0 Å². The summed E-state index contributed by atoms with van der Waals surface area (Å²) in [5, 5.41) is 10.4. The lowest BCUT2D eigenvalue weighted by molar-refractivity contribution is -0.385. The Morgan fingerprint density at radius 2 is 2.27 bits per heavy atom. The molecule has 0 atom stereocenters. The molecule has 0 spiro atoms. The molecule has 4 nitrogen and oxygen atoms in total. The highest BCUT2D eigenvalue weighted by Gasteiger charge is 2.06. The zero-order valence-electron chi connectivity index (χ0n) is 5.74. The van der Waals surface area contributed by atoms with Gasteiger partial charge < -0.3 is 0 Å². The van der Waals surface area contributed by atoms with E-state index in [-0.39, 0.29) is 10.8 Å². The first-order valence-corrected chi connectivity index (χ1v) is 3.26. The molecule has 0 aliphatic carbocycles. The number of aryl methyl sites for hydroxylation is 1. The van der Waals surface area contributed by atoms with Gasteiger partial charge >= 0.3 is 0 Å². The minimum Gasteiger partial charge on any atom is -0.258 e. The fourth-order valence-electron chi connectivity index (χ4n) is 0.716. The third kappa shape index (κ3) is 1.88. The van der Waals surface area contributed by atoms with Crippen LogP contribution in [0.1, 0.15) is 5.69 Å². The fraction of sp³-hybridized carbons (Fsp3) is 0.167. The van der Waals surface area contributed by atoms with Crippen LogP contribution in [0.3, 0.4) is 0 Å². The van der Waals surface area contributed by atoms with Crippen molar-refractivity contribution in [2.24, 2.45) is 0 Å². The highest BCUT2D eigenvalue weighted by Crippen LogP contribution is 2.16. The van der Waals surface area contributed by atoms with Crippen LogP contribution in [0.5, 0.6) is 0 Å². The Morgan fingerprint density at radius 1 is 1.64 bits per heavy atom. The Bertz CT molecular complexity index is 280. The number of aromatic nitrogens is 1. The molecule has 0 aliphatic rings. The molecular formula is C6H5ClN2O2. The lowest BCUT2D eigenvalue weighted by atomic mass is 10.3. The van der Waals surface area contributed by atoms with Crippen molar-refractivity contribution < 1.29 is 4.92 Å². The van der Waals surface area contributed by atoms with Gasteiger partial charge in [-0.1, -0.05) is 11.6 Å². The van der Waals surface area contributed by atoms with Gasteiger partial charge in [0.2, 0.25) is 0 Å². The minimum atomic E-state index is -0.499. The summed E-state index contributed by atoms with van der Waals surface area (Å²) in [4.78, 5) is 13.5. The van der Waals surface area contributed by atoms with Gasteiger partial charge in [0.15, 0.2) is 0 Å². The maximum Gasteiger partial charge on any atom is 0.274 e. The van der Waals surface area contributed by atoms with Gasteiger partial charge in [0.25, 0.3) is 5.69 Å². The van der Waals surface area contributed by atoms with Crippen molar-refractivity contribution in [3.63, 3.8) is 0 Å². The van der Waals surface area contributed by atoms with E-state index in [0.717, 1.165) is 0 Å². The van der Waals surface area contributed by atoms with E-state index in [2.05, 4.69) is 4.98 Å². The monoisotopic (exact) mass is 172 g/mol. The topological polar surface area (TPSA) is 56.0 Å². The van der Waals surface area contributed by atoms with Crippen LogP contribution in [0.25, 0.3) is 0 Å². The summed E-state index contributed by atoms with van der Waals surface area (Å²) >= 11 is 5.48. The summed E-state index contributed by atoms with van der Waals surface area (Å²) in [5.41, 5.74) is 0.520. The van der Waals surface area contributed by atoms with E-state index in [9.17, 15) is 10.1 Å². The molecule has 58 valence electrons. The van der Waals surface area contributed by atoms with Crippen molar-refractivity contribution in [3.05, 3.63) is 33.1 Å². The summed E-state index contributed by atoms with van der Waals surface area (Å²) in [6, 6.07) is 2.58. The first-order chi connectivity index (χ1) is 5.09. The summed E-state index contributed by atoms with van der Waals surface area (Å²) in [6.45, 7) is 1.65. The summed E-state index contributed by atoms with van der Waals surface area (Å²) in [6.07, 6.45) is 0. The predicted octanol–water partition coefficient (Wildman–Crippen LogP) is 1.95. The van der Waals surface area contributed by atoms with Crippen molar-refractivity contribution in [1.82, 2.24) is 4.98 Å². The number of nitro groups is 1. The standard InChI is InChI=1S/C6H5ClN2O2/c1-4-2-5(9(10)11)3-6(7)8-4/h2-3H,1H3. The molecule has 0 unspecified atom stereocenters. The van der Waals surface area contributed by atoms with Crippen molar-refractivity contribution in [2.45, 2.75) is 6.92 Å². The van der Waals surface area contributed by atoms with Crippen LogP contribution in [-0.4, -0.2) is 9.91 Å². The van der Waals surface area contributed by atoms with Crippen LogP contribution >= 0.6 is 11.6 Å². The van der Waals surface area contributed by atoms with Gasteiger partial charge in [0, 0.05) is 11.8 Å². The van der Waals surface area contributed by atoms with Gasteiger partial charge in [0.05, 0.1) is 11.0 Å². The number of nitrogens with zero attached hydrogens (tertiary/aromatic N) is 2. The van der Waals surface area contributed by atoms with E-state index in [1.807, 2.05) is 0 Å². The third-order valence-electron chi connectivity index (χ3n) is 1.12. The third-order valence-corrected chi connectivity index (χ3v) is 1.31.